The van der Waals surface area contributed by atoms with E-state index in [0.717, 1.165) is 6.42 Å². The minimum atomic E-state index is -5.08. The number of carbonyl (C=O) groups is 3. The normalized spacial score (nSPS) is 12.5. The van der Waals surface area contributed by atoms with Gasteiger partial charge in [-0.1, -0.05) is 32.4 Å². The quantitative estimate of drug-likeness (QED) is 0.121. The molecule has 0 fully saturated rings. The molecule has 0 unspecified atom stereocenters. The fraction of sp³-hybridized carbons (Fsp3) is 0.500. The molecular formula is C20H28F6N4O6. The Morgan fingerprint density at radius 3 is 1.94 bits per heavy atom. The van der Waals surface area contributed by atoms with Crippen LogP contribution in [0.25, 0.3) is 0 Å². The van der Waals surface area contributed by atoms with Gasteiger partial charge in [-0.2, -0.15) is 26.3 Å². The molecule has 1 rings (SSSR count). The number of amidine groups is 1. The molecule has 0 aromatic heterocycles. The van der Waals surface area contributed by atoms with Crippen molar-refractivity contribution in [1.82, 2.24) is 5.32 Å². The second kappa shape index (κ2) is 16.2. The van der Waals surface area contributed by atoms with E-state index in [1.807, 2.05) is 19.9 Å². The minimum absolute atomic E-state index is 0.0109. The Balaban J connectivity index is 0. The minimum Gasteiger partial charge on any atom is -0.494 e. The van der Waals surface area contributed by atoms with Crippen molar-refractivity contribution < 1.29 is 55.7 Å². The van der Waals surface area contributed by atoms with Crippen molar-refractivity contribution in [2.45, 2.75) is 45.1 Å². The van der Waals surface area contributed by atoms with Gasteiger partial charge in [-0.15, -0.1) is 0 Å². The average Bonchev–Trinajstić information content (AvgIpc) is 2.77. The maximum absolute atomic E-state index is 11.8. The number of aliphatic carboxylic acids is 2. The van der Waals surface area contributed by atoms with E-state index >= 15 is 0 Å². The monoisotopic (exact) mass is 534 g/mol. The third-order valence-corrected chi connectivity index (χ3v) is 4.08. The van der Waals surface area contributed by atoms with Gasteiger partial charge in [-0.05, 0) is 24.5 Å². The molecule has 1 aromatic rings. The van der Waals surface area contributed by atoms with E-state index in [1.54, 1.807) is 18.2 Å². The van der Waals surface area contributed by atoms with Crippen molar-refractivity contribution in [3.8, 4) is 5.75 Å². The molecule has 16 heteroatoms. The van der Waals surface area contributed by atoms with Gasteiger partial charge in [0.2, 0.25) is 5.91 Å². The molecule has 0 aliphatic heterocycles. The second-order valence-electron chi connectivity index (χ2n) is 6.95. The summed E-state index contributed by atoms with van der Waals surface area (Å²) in [5.41, 5.74) is 11.9. The summed E-state index contributed by atoms with van der Waals surface area (Å²) in [4.78, 5) is 29.6. The fourth-order valence-electron chi connectivity index (χ4n) is 1.86. The number of halogens is 6. The van der Waals surface area contributed by atoms with Gasteiger partial charge >= 0.3 is 24.3 Å². The number of carbonyl (C=O) groups excluding carboxylic acids is 1. The van der Waals surface area contributed by atoms with E-state index in [1.165, 1.54) is 0 Å². The molecule has 206 valence electrons. The van der Waals surface area contributed by atoms with Gasteiger partial charge < -0.3 is 31.7 Å². The summed E-state index contributed by atoms with van der Waals surface area (Å²) < 4.78 is 69.0. The maximum atomic E-state index is 11.8. The van der Waals surface area contributed by atoms with Crippen LogP contribution in [0.3, 0.4) is 0 Å². The maximum Gasteiger partial charge on any atom is 0.490 e. The van der Waals surface area contributed by atoms with Gasteiger partial charge in [0.15, 0.2) is 0 Å². The third kappa shape index (κ3) is 16.1. The molecule has 0 aliphatic carbocycles. The zero-order chi connectivity index (χ0) is 28.7. The highest BCUT2D eigenvalue weighted by Crippen LogP contribution is 2.14. The van der Waals surface area contributed by atoms with Gasteiger partial charge in [-0.3, -0.25) is 10.2 Å². The topological polar surface area (TPSA) is 189 Å². The highest BCUT2D eigenvalue weighted by atomic mass is 19.4. The Hall–Kier alpha value is -3.56. The van der Waals surface area contributed by atoms with E-state index < -0.39 is 30.3 Å². The lowest BCUT2D eigenvalue weighted by molar-refractivity contribution is -0.193. The summed E-state index contributed by atoms with van der Waals surface area (Å²) >= 11 is 0. The van der Waals surface area contributed by atoms with E-state index in [2.05, 4.69) is 5.32 Å². The number of hydrogen-bond donors (Lipinski definition) is 6. The van der Waals surface area contributed by atoms with Gasteiger partial charge in [0.25, 0.3) is 0 Å². The van der Waals surface area contributed by atoms with Crippen molar-refractivity contribution in [2.75, 3.05) is 13.2 Å². The molecular weight excluding hydrogens is 506 g/mol. The lowest BCUT2D eigenvalue weighted by Gasteiger charge is -2.17. The fourth-order valence-corrected chi connectivity index (χ4v) is 1.86. The van der Waals surface area contributed by atoms with Gasteiger partial charge in [-0.25, -0.2) is 9.59 Å². The van der Waals surface area contributed by atoms with Crippen LogP contribution in [-0.2, 0) is 14.4 Å². The molecule has 0 bridgehead atoms. The smallest absolute Gasteiger partial charge is 0.490 e. The van der Waals surface area contributed by atoms with Crippen LogP contribution in [0.15, 0.2) is 24.3 Å². The molecule has 0 saturated carbocycles. The van der Waals surface area contributed by atoms with E-state index in [-0.39, 0.29) is 17.7 Å². The predicted octanol–water partition coefficient (Wildman–Crippen LogP) is 2.50. The number of nitrogens with two attached hydrogens (primary N) is 2. The summed E-state index contributed by atoms with van der Waals surface area (Å²) in [5.74, 6) is -4.79. The SMILES string of the molecule is CC[C@H](C)[C@H](N)C(=O)NCCCOc1cccc(C(=N)N)c1.O=C(O)C(F)(F)F.O=C(O)C(F)(F)F. The van der Waals surface area contributed by atoms with Crippen molar-refractivity contribution in [2.24, 2.45) is 17.4 Å². The second-order valence-corrected chi connectivity index (χ2v) is 6.95. The van der Waals surface area contributed by atoms with E-state index in [9.17, 15) is 31.1 Å². The number of hydrogen-bond acceptors (Lipinski definition) is 6. The molecule has 2 atom stereocenters. The lowest BCUT2D eigenvalue weighted by atomic mass is 9.99. The molecule has 0 radical (unpaired) electrons. The molecule has 1 amide bonds. The summed E-state index contributed by atoms with van der Waals surface area (Å²) in [5, 5.41) is 24.4. The van der Waals surface area contributed by atoms with E-state index in [0.29, 0.717) is 30.9 Å². The van der Waals surface area contributed by atoms with Crippen molar-refractivity contribution in [1.29, 1.82) is 5.41 Å². The number of carboxylic acids is 2. The summed E-state index contributed by atoms with van der Waals surface area (Å²) in [6.45, 7) is 4.98. The summed E-state index contributed by atoms with van der Waals surface area (Å²) in [6.07, 6.45) is -8.60. The third-order valence-electron chi connectivity index (χ3n) is 4.08. The Kier molecular flexibility index (Phi) is 15.5. The zero-order valence-electron chi connectivity index (χ0n) is 19.2. The van der Waals surface area contributed by atoms with Crippen molar-refractivity contribution >= 4 is 23.7 Å². The van der Waals surface area contributed by atoms with Crippen molar-refractivity contribution in [3.63, 3.8) is 0 Å². The number of ether oxygens (including phenoxy) is 1. The Bertz CT molecular complexity index is 840. The molecule has 36 heavy (non-hydrogen) atoms. The first-order valence-corrected chi connectivity index (χ1v) is 10.0. The molecule has 0 spiro atoms. The number of rotatable bonds is 9. The lowest BCUT2D eigenvalue weighted by Crippen LogP contribution is -2.45. The summed E-state index contributed by atoms with van der Waals surface area (Å²) in [6, 6.07) is 6.62. The molecule has 10 nitrogen and oxygen atoms in total. The molecule has 0 aliphatic rings. The van der Waals surface area contributed by atoms with E-state index in [4.69, 9.17) is 41.4 Å². The summed E-state index contributed by atoms with van der Waals surface area (Å²) in [7, 11) is 0. The van der Waals surface area contributed by atoms with Crippen LogP contribution in [0.4, 0.5) is 26.3 Å². The number of carboxylic acid groups (broad SMARTS) is 2. The van der Waals surface area contributed by atoms with Crippen LogP contribution >= 0.6 is 0 Å². The Morgan fingerprint density at radius 1 is 1.08 bits per heavy atom. The largest absolute Gasteiger partial charge is 0.494 e. The Labute approximate surface area is 202 Å². The number of nitrogen functional groups attached to an aromatic ring is 1. The predicted molar refractivity (Wildman–Crippen MR) is 115 cm³/mol. The van der Waals surface area contributed by atoms with Crippen LogP contribution in [0.2, 0.25) is 0 Å². The van der Waals surface area contributed by atoms with Crippen LogP contribution in [-0.4, -0.2) is 65.4 Å². The number of amides is 1. The molecule has 0 saturated heterocycles. The van der Waals surface area contributed by atoms with Gasteiger partial charge in [0.05, 0.1) is 12.6 Å². The highest BCUT2D eigenvalue weighted by molar-refractivity contribution is 5.95. The molecule has 8 N–H and O–H groups in total. The first kappa shape index (κ1) is 34.6. The zero-order valence-corrected chi connectivity index (χ0v) is 19.2. The molecule has 0 heterocycles. The average molecular weight is 534 g/mol. The van der Waals surface area contributed by atoms with Crippen LogP contribution in [0.5, 0.6) is 5.75 Å². The molecule has 1 aromatic carbocycles. The van der Waals surface area contributed by atoms with Crippen molar-refractivity contribution in [3.05, 3.63) is 29.8 Å². The number of benzene rings is 1. The van der Waals surface area contributed by atoms with Crippen LogP contribution in [0.1, 0.15) is 32.3 Å². The Morgan fingerprint density at radius 2 is 1.56 bits per heavy atom. The first-order chi connectivity index (χ1) is 16.3. The van der Waals surface area contributed by atoms with Crippen LogP contribution in [0, 0.1) is 11.3 Å². The highest BCUT2D eigenvalue weighted by Gasteiger charge is 2.38. The number of nitrogens with one attached hydrogen (secondary N) is 2. The standard InChI is InChI=1S/C16H26N4O2.2C2HF3O2/c1-3-11(2)14(17)16(21)20-8-5-9-22-13-7-4-6-12(10-13)15(18)19;2*3-2(4,5)1(6)7/h4,6-7,10-11,14H,3,5,8-9,17H2,1-2H3,(H3,18,19)(H,20,21);2*(H,6,7)/t11-,14-;;/m0../s1. The van der Waals surface area contributed by atoms with Crippen LogP contribution < -0.4 is 21.5 Å². The number of alkyl halides is 6. The van der Waals surface area contributed by atoms with Gasteiger partial charge in [0, 0.05) is 12.1 Å². The van der Waals surface area contributed by atoms with Gasteiger partial charge in [0.1, 0.15) is 11.6 Å². The first-order valence-electron chi connectivity index (χ1n) is 10.0.